The number of piperazine rings is 1. The maximum absolute atomic E-state index is 13.5. The first-order chi connectivity index (χ1) is 9.63. The molecule has 1 aromatic carbocycles. The van der Waals surface area contributed by atoms with Crippen molar-refractivity contribution in [2.45, 2.75) is 25.8 Å². The van der Waals surface area contributed by atoms with Crippen molar-refractivity contribution in [1.29, 1.82) is 0 Å². The molecule has 1 heterocycles. The fourth-order valence-electron chi connectivity index (χ4n) is 2.76. The SMILES string of the molecule is CCC[C@H](c1cc(F)ccc1[N+](=O)[O-])N1CCNCC1.Cl.Cl. The maximum atomic E-state index is 13.5. The quantitative estimate of drug-likeness (QED) is 0.651. The topological polar surface area (TPSA) is 58.4 Å². The van der Waals surface area contributed by atoms with Crippen molar-refractivity contribution >= 4 is 30.5 Å². The van der Waals surface area contributed by atoms with E-state index in [0.29, 0.717) is 5.56 Å². The third kappa shape index (κ3) is 5.05. The van der Waals surface area contributed by atoms with Crippen LogP contribution in [0.15, 0.2) is 18.2 Å². The minimum Gasteiger partial charge on any atom is -0.314 e. The monoisotopic (exact) mass is 353 g/mol. The molecular formula is C14H22Cl2FN3O2. The van der Waals surface area contributed by atoms with Gasteiger partial charge in [-0.25, -0.2) is 4.39 Å². The Morgan fingerprint density at radius 2 is 2.00 bits per heavy atom. The van der Waals surface area contributed by atoms with Gasteiger partial charge < -0.3 is 5.32 Å². The molecule has 0 bridgehead atoms. The number of nitrogens with one attached hydrogen (secondary N) is 1. The third-order valence-electron chi connectivity index (χ3n) is 3.70. The summed E-state index contributed by atoms with van der Waals surface area (Å²) in [6.07, 6.45) is 1.70. The van der Waals surface area contributed by atoms with Crippen molar-refractivity contribution in [1.82, 2.24) is 10.2 Å². The summed E-state index contributed by atoms with van der Waals surface area (Å²) in [7, 11) is 0. The molecule has 1 aliphatic heterocycles. The van der Waals surface area contributed by atoms with E-state index in [1.165, 1.54) is 12.1 Å². The fraction of sp³-hybridized carbons (Fsp3) is 0.571. The van der Waals surface area contributed by atoms with E-state index in [1.807, 2.05) is 6.92 Å². The molecular weight excluding hydrogens is 332 g/mol. The average Bonchev–Trinajstić information content (AvgIpc) is 2.45. The summed E-state index contributed by atoms with van der Waals surface area (Å²) in [6.45, 7) is 5.43. The second kappa shape index (κ2) is 9.94. The number of halogens is 3. The van der Waals surface area contributed by atoms with Crippen LogP contribution in [0.2, 0.25) is 0 Å². The van der Waals surface area contributed by atoms with E-state index in [1.54, 1.807) is 0 Å². The van der Waals surface area contributed by atoms with Crippen molar-refractivity contribution in [3.63, 3.8) is 0 Å². The Morgan fingerprint density at radius 1 is 1.36 bits per heavy atom. The highest BCUT2D eigenvalue weighted by atomic mass is 35.5. The molecule has 0 amide bonds. The molecule has 2 rings (SSSR count). The number of benzene rings is 1. The molecule has 5 nitrogen and oxygen atoms in total. The van der Waals surface area contributed by atoms with Crippen LogP contribution in [0.1, 0.15) is 31.4 Å². The molecule has 0 aromatic heterocycles. The highest BCUT2D eigenvalue weighted by Crippen LogP contribution is 2.33. The van der Waals surface area contributed by atoms with Gasteiger partial charge in [-0.15, -0.1) is 24.8 Å². The molecule has 0 unspecified atom stereocenters. The maximum Gasteiger partial charge on any atom is 0.274 e. The van der Waals surface area contributed by atoms with Gasteiger partial charge in [-0.2, -0.15) is 0 Å². The van der Waals surface area contributed by atoms with Gasteiger partial charge in [0.25, 0.3) is 5.69 Å². The molecule has 126 valence electrons. The lowest BCUT2D eigenvalue weighted by atomic mass is 9.98. The van der Waals surface area contributed by atoms with Crippen LogP contribution >= 0.6 is 24.8 Å². The standard InChI is InChI=1S/C14H20FN3O2.2ClH/c1-2-3-13(17-8-6-16-7-9-17)12-10-11(15)4-5-14(12)18(19)20;;/h4-5,10,13,16H,2-3,6-9H2,1H3;2*1H/t13-;;/m1../s1. The van der Waals surface area contributed by atoms with E-state index < -0.39 is 10.7 Å². The smallest absolute Gasteiger partial charge is 0.274 e. The number of nitrogens with zero attached hydrogens (tertiary/aromatic N) is 2. The van der Waals surface area contributed by atoms with Crippen LogP contribution in [0.5, 0.6) is 0 Å². The van der Waals surface area contributed by atoms with E-state index in [-0.39, 0.29) is 36.5 Å². The summed E-state index contributed by atoms with van der Waals surface area (Å²) in [4.78, 5) is 13.0. The predicted octanol–water partition coefficient (Wildman–Crippen LogP) is 3.32. The number of hydrogen-bond acceptors (Lipinski definition) is 4. The average molecular weight is 354 g/mol. The van der Waals surface area contributed by atoms with Crippen LogP contribution in [0.3, 0.4) is 0 Å². The molecule has 8 heteroatoms. The van der Waals surface area contributed by atoms with E-state index >= 15 is 0 Å². The van der Waals surface area contributed by atoms with Crippen LogP contribution in [0.4, 0.5) is 10.1 Å². The summed E-state index contributed by atoms with van der Waals surface area (Å²) in [5.74, 6) is -0.415. The number of hydrogen-bond donors (Lipinski definition) is 1. The largest absolute Gasteiger partial charge is 0.314 e. The van der Waals surface area contributed by atoms with Crippen LogP contribution in [-0.2, 0) is 0 Å². The normalized spacial score (nSPS) is 16.3. The van der Waals surface area contributed by atoms with E-state index in [2.05, 4.69) is 10.2 Å². The Balaban J connectivity index is 0.00000220. The molecule has 1 saturated heterocycles. The third-order valence-corrected chi connectivity index (χ3v) is 3.70. The van der Waals surface area contributed by atoms with E-state index in [9.17, 15) is 14.5 Å². The fourth-order valence-corrected chi connectivity index (χ4v) is 2.76. The van der Waals surface area contributed by atoms with Gasteiger partial charge in [-0.1, -0.05) is 13.3 Å². The molecule has 0 spiro atoms. The molecule has 1 aliphatic rings. The Kier molecular flexibility index (Phi) is 9.51. The molecule has 1 atom stereocenters. The summed E-state index contributed by atoms with van der Waals surface area (Å²) in [5, 5.41) is 14.4. The zero-order chi connectivity index (χ0) is 14.5. The Morgan fingerprint density at radius 3 is 2.55 bits per heavy atom. The first kappa shape index (κ1) is 21.0. The van der Waals surface area contributed by atoms with Crippen LogP contribution in [-0.4, -0.2) is 36.0 Å². The zero-order valence-corrected chi connectivity index (χ0v) is 14.1. The predicted molar refractivity (Wildman–Crippen MR) is 89.6 cm³/mol. The van der Waals surface area contributed by atoms with Gasteiger partial charge in [0, 0.05) is 43.9 Å². The van der Waals surface area contributed by atoms with Crippen molar-refractivity contribution < 1.29 is 9.31 Å². The van der Waals surface area contributed by atoms with Crippen LogP contribution in [0, 0.1) is 15.9 Å². The lowest BCUT2D eigenvalue weighted by molar-refractivity contribution is -0.386. The highest BCUT2D eigenvalue weighted by Gasteiger charge is 2.28. The molecule has 0 radical (unpaired) electrons. The van der Waals surface area contributed by atoms with Gasteiger partial charge in [0.2, 0.25) is 0 Å². The summed E-state index contributed by atoms with van der Waals surface area (Å²) in [5.41, 5.74) is 0.516. The molecule has 22 heavy (non-hydrogen) atoms. The van der Waals surface area contributed by atoms with Crippen molar-refractivity contribution in [3.8, 4) is 0 Å². The van der Waals surface area contributed by atoms with Crippen molar-refractivity contribution in [2.75, 3.05) is 26.2 Å². The summed E-state index contributed by atoms with van der Waals surface area (Å²) in [6, 6.07) is 3.66. The molecule has 1 aromatic rings. The van der Waals surface area contributed by atoms with E-state index in [0.717, 1.165) is 45.1 Å². The lowest BCUT2D eigenvalue weighted by Gasteiger charge is -2.35. The minimum atomic E-state index is -0.417. The molecule has 0 saturated carbocycles. The number of nitro benzene ring substituents is 1. The van der Waals surface area contributed by atoms with Crippen molar-refractivity contribution in [3.05, 3.63) is 39.7 Å². The minimum absolute atomic E-state index is 0. The van der Waals surface area contributed by atoms with Gasteiger partial charge in [-0.05, 0) is 18.6 Å². The Bertz CT molecular complexity index is 485. The van der Waals surface area contributed by atoms with E-state index in [4.69, 9.17) is 0 Å². The first-order valence-corrected chi connectivity index (χ1v) is 7.02. The van der Waals surface area contributed by atoms with Crippen LogP contribution in [0.25, 0.3) is 0 Å². The molecule has 0 aliphatic carbocycles. The Hall–Kier alpha value is -0.950. The first-order valence-electron chi connectivity index (χ1n) is 7.02. The highest BCUT2D eigenvalue weighted by molar-refractivity contribution is 5.85. The van der Waals surface area contributed by atoms with Crippen LogP contribution < -0.4 is 5.32 Å². The van der Waals surface area contributed by atoms with Gasteiger partial charge in [0.05, 0.1) is 4.92 Å². The summed E-state index contributed by atoms with van der Waals surface area (Å²) < 4.78 is 13.5. The van der Waals surface area contributed by atoms with Gasteiger partial charge >= 0.3 is 0 Å². The Labute approximate surface area is 142 Å². The summed E-state index contributed by atoms with van der Waals surface area (Å²) >= 11 is 0. The number of nitro groups is 1. The molecule has 1 fully saturated rings. The lowest BCUT2D eigenvalue weighted by Crippen LogP contribution is -2.45. The second-order valence-corrected chi connectivity index (χ2v) is 5.05. The van der Waals surface area contributed by atoms with Gasteiger partial charge in [0.15, 0.2) is 0 Å². The second-order valence-electron chi connectivity index (χ2n) is 5.05. The zero-order valence-electron chi connectivity index (χ0n) is 12.5. The van der Waals surface area contributed by atoms with Crippen molar-refractivity contribution in [2.24, 2.45) is 0 Å². The van der Waals surface area contributed by atoms with Gasteiger partial charge in [0.1, 0.15) is 5.82 Å². The van der Waals surface area contributed by atoms with Gasteiger partial charge in [-0.3, -0.25) is 15.0 Å². The molecule has 1 N–H and O–H groups in total. The number of rotatable bonds is 5.